The highest BCUT2D eigenvalue weighted by Gasteiger charge is 2.27. The molecular weight excluding hydrogens is 647 g/mol. The Bertz CT molecular complexity index is 2280. The Labute approximate surface area is 284 Å². The van der Waals surface area contributed by atoms with Crippen LogP contribution in [0.4, 0.5) is 8.78 Å². The topological polar surface area (TPSA) is 86.6 Å². The van der Waals surface area contributed by atoms with Crippen molar-refractivity contribution in [1.29, 1.82) is 0 Å². The average molecular weight is 677 g/mol. The van der Waals surface area contributed by atoms with Gasteiger partial charge in [-0.05, 0) is 65.6 Å². The molecule has 11 heteroatoms. The molecule has 0 saturated carbocycles. The fraction of sp³-hybridized carbons (Fsp3) is 0.211. The molecule has 246 valence electrons. The number of halogens is 2. The van der Waals surface area contributed by atoms with Gasteiger partial charge in [-0.1, -0.05) is 19.1 Å². The van der Waals surface area contributed by atoms with Gasteiger partial charge in [0.25, 0.3) is 5.56 Å². The number of nitrogens with zero attached hydrogens (tertiary/aromatic N) is 4. The highest BCUT2D eigenvalue weighted by molar-refractivity contribution is 7.22. The number of carbonyl (C=O) groups is 1. The minimum atomic E-state index is -0.654. The van der Waals surface area contributed by atoms with Crippen LogP contribution >= 0.6 is 11.3 Å². The molecule has 6 heterocycles. The van der Waals surface area contributed by atoms with Crippen LogP contribution in [0.2, 0.25) is 0 Å². The molecule has 0 unspecified atom stereocenters. The van der Waals surface area contributed by atoms with Gasteiger partial charge in [0.05, 0.1) is 27.4 Å². The summed E-state index contributed by atoms with van der Waals surface area (Å²) in [7, 11) is 0. The first kappa shape index (κ1) is 31.0. The maximum absolute atomic E-state index is 15.5. The van der Waals surface area contributed by atoms with Crippen LogP contribution in [-0.2, 0) is 19.4 Å². The van der Waals surface area contributed by atoms with Gasteiger partial charge in [0.1, 0.15) is 22.9 Å². The van der Waals surface area contributed by atoms with Gasteiger partial charge in [0.2, 0.25) is 0 Å². The van der Waals surface area contributed by atoms with Gasteiger partial charge in [-0.25, -0.2) is 8.78 Å². The molecule has 0 spiro atoms. The molecule has 1 saturated heterocycles. The van der Waals surface area contributed by atoms with E-state index in [9.17, 15) is 14.0 Å². The molecule has 0 N–H and O–H groups in total. The van der Waals surface area contributed by atoms with Gasteiger partial charge in [-0.15, -0.1) is 11.3 Å². The van der Waals surface area contributed by atoms with E-state index >= 15 is 4.39 Å². The van der Waals surface area contributed by atoms with Crippen LogP contribution in [0.1, 0.15) is 34.0 Å². The van der Waals surface area contributed by atoms with E-state index in [2.05, 4.69) is 22.9 Å². The predicted molar refractivity (Wildman–Crippen MR) is 183 cm³/mol. The molecule has 0 amide bonds. The first-order valence-electron chi connectivity index (χ1n) is 16.0. The Morgan fingerprint density at radius 3 is 2.57 bits per heavy atom. The SMILES string of the molecule is CC1CN(Cc2ccc(-c3cc4nccc(Oc5ccc(CC(=O)c6c7c(cn(-c8ccc(F)cc8)c6=O)CCO7)cc5F)c4s3)nc2)C1. The molecule has 1 fully saturated rings. The predicted octanol–water partition coefficient (Wildman–Crippen LogP) is 7.39. The van der Waals surface area contributed by atoms with Crippen LogP contribution in [-0.4, -0.2) is 44.9 Å². The third-order valence-corrected chi connectivity index (χ3v) is 9.98. The van der Waals surface area contributed by atoms with E-state index in [0.29, 0.717) is 41.1 Å². The van der Waals surface area contributed by atoms with Crippen molar-refractivity contribution >= 4 is 27.3 Å². The van der Waals surface area contributed by atoms with Gasteiger partial charge in [-0.3, -0.25) is 29.0 Å². The van der Waals surface area contributed by atoms with Crippen molar-refractivity contribution < 1.29 is 23.0 Å². The molecule has 0 aliphatic carbocycles. The molecular formula is C38H30F2N4O4S. The number of ether oxygens (including phenoxy) is 2. The molecule has 2 aliphatic heterocycles. The van der Waals surface area contributed by atoms with E-state index in [1.807, 2.05) is 18.3 Å². The van der Waals surface area contributed by atoms with Crippen LogP contribution in [0.15, 0.2) is 90.1 Å². The number of rotatable bonds is 9. The summed E-state index contributed by atoms with van der Waals surface area (Å²) in [6, 6.07) is 17.5. The van der Waals surface area contributed by atoms with Crippen molar-refractivity contribution in [2.24, 2.45) is 5.92 Å². The number of hydrogen-bond acceptors (Lipinski definition) is 8. The normalized spacial score (nSPS) is 14.4. The van der Waals surface area contributed by atoms with Crippen molar-refractivity contribution in [2.75, 3.05) is 19.7 Å². The summed E-state index contributed by atoms with van der Waals surface area (Å²) in [5.41, 5.74) is 3.51. The zero-order valence-electron chi connectivity index (χ0n) is 26.5. The molecule has 49 heavy (non-hydrogen) atoms. The Hall–Kier alpha value is -5.26. The molecule has 2 aliphatic rings. The Balaban J connectivity index is 1.01. The minimum absolute atomic E-state index is 0.0101. The Morgan fingerprint density at radius 1 is 1.00 bits per heavy atom. The highest BCUT2D eigenvalue weighted by Crippen LogP contribution is 2.39. The zero-order valence-corrected chi connectivity index (χ0v) is 27.3. The number of thiophene rings is 1. The summed E-state index contributed by atoms with van der Waals surface area (Å²) in [6.45, 7) is 5.70. The number of ketones is 1. The second-order valence-corrected chi connectivity index (χ2v) is 13.6. The van der Waals surface area contributed by atoms with Crippen LogP contribution < -0.4 is 15.0 Å². The molecule has 4 aromatic heterocycles. The van der Waals surface area contributed by atoms with E-state index in [1.54, 1.807) is 24.5 Å². The van der Waals surface area contributed by atoms with Crippen LogP contribution in [0.3, 0.4) is 0 Å². The lowest BCUT2D eigenvalue weighted by atomic mass is 10.0. The lowest BCUT2D eigenvalue weighted by Gasteiger charge is -2.37. The summed E-state index contributed by atoms with van der Waals surface area (Å²) in [6.07, 6.45) is 5.44. The molecule has 8 rings (SSSR count). The standard InChI is InChI=1S/C38H30F2N4O4S/c1-22-18-43(19-22)20-24-2-8-29(42-17-24)34-16-30-37(49-34)33(10-12-41-30)48-32-9-3-23(14-28(32)40)15-31(45)35-36-25(11-13-47-36)21-44(38(35)46)27-6-4-26(39)5-7-27/h2-10,12,14,16-17,21-22H,11,13,15,18-20H2,1H3. The van der Waals surface area contributed by atoms with E-state index in [4.69, 9.17) is 14.5 Å². The Kier molecular flexibility index (Phi) is 8.01. The van der Waals surface area contributed by atoms with E-state index in [-0.39, 0.29) is 23.5 Å². The van der Waals surface area contributed by atoms with Crippen molar-refractivity contribution in [2.45, 2.75) is 26.3 Å². The second-order valence-electron chi connectivity index (χ2n) is 12.6. The second kappa shape index (κ2) is 12.6. The number of carbonyl (C=O) groups excluding carboxylic acids is 1. The van der Waals surface area contributed by atoms with Gasteiger partial charge >= 0.3 is 0 Å². The van der Waals surface area contributed by atoms with Gasteiger partial charge < -0.3 is 9.47 Å². The van der Waals surface area contributed by atoms with Crippen molar-refractivity contribution in [3.63, 3.8) is 0 Å². The zero-order chi connectivity index (χ0) is 33.6. The largest absolute Gasteiger partial charge is 0.492 e. The van der Waals surface area contributed by atoms with E-state index in [0.717, 1.165) is 40.8 Å². The van der Waals surface area contributed by atoms with Crippen molar-refractivity contribution in [1.82, 2.24) is 19.4 Å². The van der Waals surface area contributed by atoms with Crippen molar-refractivity contribution in [3.8, 4) is 33.5 Å². The summed E-state index contributed by atoms with van der Waals surface area (Å²) < 4.78 is 42.8. The van der Waals surface area contributed by atoms with Gasteiger partial charge in [-0.2, -0.15) is 0 Å². The number of benzene rings is 2. The number of likely N-dealkylation sites (tertiary alicyclic amines) is 1. The molecule has 8 nitrogen and oxygen atoms in total. The summed E-state index contributed by atoms with van der Waals surface area (Å²) in [5.74, 6) is -0.164. The maximum atomic E-state index is 15.5. The number of pyridine rings is 3. The fourth-order valence-electron chi connectivity index (χ4n) is 6.43. The molecule has 0 bridgehead atoms. The number of hydrogen-bond donors (Lipinski definition) is 0. The van der Waals surface area contributed by atoms with Crippen LogP contribution in [0, 0.1) is 17.6 Å². The quantitative estimate of drug-likeness (QED) is 0.148. The van der Waals surface area contributed by atoms with Crippen LogP contribution in [0.5, 0.6) is 17.2 Å². The monoisotopic (exact) mass is 676 g/mol. The maximum Gasteiger partial charge on any atom is 0.269 e. The minimum Gasteiger partial charge on any atom is -0.492 e. The average Bonchev–Trinajstić information content (AvgIpc) is 3.74. The van der Waals surface area contributed by atoms with Gasteiger partial charge in [0.15, 0.2) is 17.3 Å². The highest BCUT2D eigenvalue weighted by atomic mass is 32.1. The number of fused-ring (bicyclic) bond motifs is 2. The Morgan fingerprint density at radius 2 is 1.82 bits per heavy atom. The lowest BCUT2D eigenvalue weighted by Crippen LogP contribution is -2.44. The summed E-state index contributed by atoms with van der Waals surface area (Å²) in [5, 5.41) is 0. The molecule has 2 aromatic carbocycles. The molecule has 6 aromatic rings. The summed E-state index contributed by atoms with van der Waals surface area (Å²) in [4.78, 5) is 39.6. The first-order valence-corrected chi connectivity index (χ1v) is 16.8. The third kappa shape index (κ3) is 6.11. The van der Waals surface area contributed by atoms with Crippen molar-refractivity contribution in [3.05, 3.63) is 130 Å². The smallest absolute Gasteiger partial charge is 0.269 e. The van der Waals surface area contributed by atoms with Crippen LogP contribution in [0.25, 0.3) is 26.5 Å². The third-order valence-electron chi connectivity index (χ3n) is 8.82. The lowest BCUT2D eigenvalue weighted by molar-refractivity contribution is 0.0988. The van der Waals surface area contributed by atoms with Gasteiger partial charge in [0, 0.05) is 68.4 Å². The molecule has 0 atom stereocenters. The summed E-state index contributed by atoms with van der Waals surface area (Å²) >= 11 is 1.47. The molecule has 0 radical (unpaired) electrons. The number of aromatic nitrogens is 3. The van der Waals surface area contributed by atoms with E-state index in [1.165, 1.54) is 57.9 Å². The first-order chi connectivity index (χ1) is 23.8. The fourth-order valence-corrected chi connectivity index (χ4v) is 7.47. The number of Topliss-reactive ketones (excluding diaryl/α,β-unsaturated/α-hetero) is 1. The van der Waals surface area contributed by atoms with E-state index < -0.39 is 23.0 Å².